The van der Waals surface area contributed by atoms with Crippen LogP contribution in [0.1, 0.15) is 18.2 Å². The molecule has 0 saturated heterocycles. The van der Waals surface area contributed by atoms with Gasteiger partial charge in [-0.1, -0.05) is 23.7 Å². The first-order chi connectivity index (χ1) is 7.75. The number of aryl methyl sites for hydroxylation is 1. The van der Waals surface area contributed by atoms with Gasteiger partial charge in [0.15, 0.2) is 0 Å². The van der Waals surface area contributed by atoms with E-state index in [9.17, 15) is 5.11 Å². The van der Waals surface area contributed by atoms with Gasteiger partial charge in [0, 0.05) is 17.4 Å². The SMILES string of the molecule is OC(CCc1ccc(Cl)cc1)n1ccnc1. The zero-order valence-electron chi connectivity index (χ0n) is 8.75. The van der Waals surface area contributed by atoms with E-state index in [2.05, 4.69) is 4.98 Å². The first-order valence-corrected chi connectivity index (χ1v) is 5.53. The molecule has 1 aromatic carbocycles. The molecule has 1 heterocycles. The molecule has 2 rings (SSSR count). The minimum absolute atomic E-state index is 0.516. The van der Waals surface area contributed by atoms with E-state index in [-0.39, 0.29) is 0 Å². The van der Waals surface area contributed by atoms with Crippen LogP contribution in [0.25, 0.3) is 0 Å². The third-order valence-electron chi connectivity index (χ3n) is 2.47. The lowest BCUT2D eigenvalue weighted by molar-refractivity contribution is 0.0947. The zero-order chi connectivity index (χ0) is 11.4. The molecule has 0 amide bonds. The smallest absolute Gasteiger partial charge is 0.131 e. The van der Waals surface area contributed by atoms with Crippen LogP contribution in [0.3, 0.4) is 0 Å². The molecule has 1 N–H and O–H groups in total. The molecule has 1 unspecified atom stereocenters. The highest BCUT2D eigenvalue weighted by Gasteiger charge is 2.05. The Balaban J connectivity index is 1.90. The maximum absolute atomic E-state index is 9.82. The second-order valence-corrected chi connectivity index (χ2v) is 4.09. The Morgan fingerprint density at radius 3 is 2.69 bits per heavy atom. The summed E-state index contributed by atoms with van der Waals surface area (Å²) in [6.45, 7) is 0. The summed E-state index contributed by atoms with van der Waals surface area (Å²) >= 11 is 5.79. The fourth-order valence-electron chi connectivity index (χ4n) is 1.54. The van der Waals surface area contributed by atoms with Crippen molar-refractivity contribution in [2.45, 2.75) is 19.1 Å². The van der Waals surface area contributed by atoms with Crippen LogP contribution in [0.5, 0.6) is 0 Å². The normalized spacial score (nSPS) is 12.6. The Morgan fingerprint density at radius 2 is 2.06 bits per heavy atom. The van der Waals surface area contributed by atoms with Crippen molar-refractivity contribution in [3.8, 4) is 0 Å². The van der Waals surface area contributed by atoms with E-state index < -0.39 is 6.23 Å². The molecule has 0 spiro atoms. The number of imidazole rings is 1. The lowest BCUT2D eigenvalue weighted by atomic mass is 10.1. The number of aromatic nitrogens is 2. The van der Waals surface area contributed by atoms with E-state index in [4.69, 9.17) is 11.6 Å². The Kier molecular flexibility index (Phi) is 3.59. The van der Waals surface area contributed by atoms with Gasteiger partial charge in [0.25, 0.3) is 0 Å². The van der Waals surface area contributed by atoms with Gasteiger partial charge in [-0.15, -0.1) is 0 Å². The molecule has 0 aliphatic heterocycles. The lowest BCUT2D eigenvalue weighted by Gasteiger charge is -2.11. The van der Waals surface area contributed by atoms with Gasteiger partial charge in [0.2, 0.25) is 0 Å². The van der Waals surface area contributed by atoms with Crippen molar-refractivity contribution in [3.05, 3.63) is 53.6 Å². The maximum Gasteiger partial charge on any atom is 0.131 e. The van der Waals surface area contributed by atoms with Crippen molar-refractivity contribution in [1.82, 2.24) is 9.55 Å². The molecule has 0 aliphatic rings. The summed E-state index contributed by atoms with van der Waals surface area (Å²) in [6, 6.07) is 7.67. The van der Waals surface area contributed by atoms with Crippen LogP contribution in [0.15, 0.2) is 43.0 Å². The molecular formula is C12H13ClN2O. The number of hydrogen-bond donors (Lipinski definition) is 1. The van der Waals surface area contributed by atoms with E-state index in [1.165, 1.54) is 5.56 Å². The minimum atomic E-state index is -0.516. The fourth-order valence-corrected chi connectivity index (χ4v) is 1.67. The van der Waals surface area contributed by atoms with Crippen molar-refractivity contribution in [2.75, 3.05) is 0 Å². The molecule has 4 heteroatoms. The van der Waals surface area contributed by atoms with Gasteiger partial charge in [0.1, 0.15) is 6.23 Å². The van der Waals surface area contributed by atoms with Gasteiger partial charge in [-0.3, -0.25) is 0 Å². The number of aliphatic hydroxyl groups excluding tert-OH is 1. The number of nitrogens with zero attached hydrogens (tertiary/aromatic N) is 2. The average Bonchev–Trinajstić information content (AvgIpc) is 2.81. The topological polar surface area (TPSA) is 38.0 Å². The average molecular weight is 237 g/mol. The van der Waals surface area contributed by atoms with Crippen molar-refractivity contribution < 1.29 is 5.11 Å². The number of benzene rings is 1. The third kappa shape index (κ3) is 2.84. The summed E-state index contributed by atoms with van der Waals surface area (Å²) in [7, 11) is 0. The van der Waals surface area contributed by atoms with Crippen molar-refractivity contribution >= 4 is 11.6 Å². The molecule has 0 fully saturated rings. The van der Waals surface area contributed by atoms with Crippen molar-refractivity contribution in [3.63, 3.8) is 0 Å². The van der Waals surface area contributed by atoms with Crippen LogP contribution >= 0.6 is 11.6 Å². The zero-order valence-corrected chi connectivity index (χ0v) is 9.51. The predicted molar refractivity (Wildman–Crippen MR) is 63.3 cm³/mol. The third-order valence-corrected chi connectivity index (χ3v) is 2.73. The Morgan fingerprint density at radius 1 is 1.31 bits per heavy atom. The maximum atomic E-state index is 9.82. The summed E-state index contributed by atoms with van der Waals surface area (Å²) in [6.07, 6.45) is 6.00. The van der Waals surface area contributed by atoms with Crippen LogP contribution in [-0.4, -0.2) is 14.7 Å². The van der Waals surface area contributed by atoms with E-state index in [0.29, 0.717) is 6.42 Å². The Labute approximate surface area is 99.3 Å². The van der Waals surface area contributed by atoms with Gasteiger partial charge in [0.05, 0.1) is 6.33 Å². The minimum Gasteiger partial charge on any atom is -0.373 e. The molecule has 3 nitrogen and oxygen atoms in total. The number of aliphatic hydroxyl groups is 1. The molecule has 0 bridgehead atoms. The largest absolute Gasteiger partial charge is 0.373 e. The van der Waals surface area contributed by atoms with E-state index in [1.54, 1.807) is 23.3 Å². The highest BCUT2D eigenvalue weighted by Crippen LogP contribution is 2.14. The summed E-state index contributed by atoms with van der Waals surface area (Å²) < 4.78 is 1.69. The van der Waals surface area contributed by atoms with Gasteiger partial charge in [-0.2, -0.15) is 0 Å². The van der Waals surface area contributed by atoms with Crippen LogP contribution in [-0.2, 0) is 6.42 Å². The van der Waals surface area contributed by atoms with E-state index in [0.717, 1.165) is 11.4 Å². The van der Waals surface area contributed by atoms with Crippen LogP contribution < -0.4 is 0 Å². The van der Waals surface area contributed by atoms with Crippen molar-refractivity contribution in [2.24, 2.45) is 0 Å². The van der Waals surface area contributed by atoms with Gasteiger partial charge in [-0.25, -0.2) is 4.98 Å². The lowest BCUT2D eigenvalue weighted by Crippen LogP contribution is -2.06. The van der Waals surface area contributed by atoms with Crippen LogP contribution in [0.4, 0.5) is 0 Å². The molecule has 0 radical (unpaired) electrons. The first-order valence-electron chi connectivity index (χ1n) is 5.15. The monoisotopic (exact) mass is 236 g/mol. The van der Waals surface area contributed by atoms with Crippen LogP contribution in [0, 0.1) is 0 Å². The summed E-state index contributed by atoms with van der Waals surface area (Å²) in [5.41, 5.74) is 1.17. The van der Waals surface area contributed by atoms with Crippen LogP contribution in [0.2, 0.25) is 5.02 Å². The second kappa shape index (κ2) is 5.14. The highest BCUT2D eigenvalue weighted by molar-refractivity contribution is 6.30. The molecule has 1 atom stereocenters. The summed E-state index contributed by atoms with van der Waals surface area (Å²) in [5.74, 6) is 0. The van der Waals surface area contributed by atoms with Crippen molar-refractivity contribution in [1.29, 1.82) is 0 Å². The Hall–Kier alpha value is -1.32. The predicted octanol–water partition coefficient (Wildman–Crippen LogP) is 2.66. The quantitative estimate of drug-likeness (QED) is 0.886. The first kappa shape index (κ1) is 11.2. The second-order valence-electron chi connectivity index (χ2n) is 3.66. The van der Waals surface area contributed by atoms with Gasteiger partial charge >= 0.3 is 0 Å². The van der Waals surface area contributed by atoms with Gasteiger partial charge < -0.3 is 9.67 Å². The van der Waals surface area contributed by atoms with E-state index in [1.807, 2.05) is 24.3 Å². The molecule has 2 aromatic rings. The molecule has 84 valence electrons. The number of rotatable bonds is 4. The number of halogens is 1. The molecular weight excluding hydrogens is 224 g/mol. The number of hydrogen-bond acceptors (Lipinski definition) is 2. The summed E-state index contributed by atoms with van der Waals surface area (Å²) in [5, 5.41) is 10.6. The summed E-state index contributed by atoms with van der Waals surface area (Å²) in [4.78, 5) is 3.90. The van der Waals surface area contributed by atoms with Gasteiger partial charge in [-0.05, 0) is 30.5 Å². The highest BCUT2D eigenvalue weighted by atomic mass is 35.5. The molecule has 1 aromatic heterocycles. The standard InChI is InChI=1S/C12H13ClN2O/c13-11-4-1-10(2-5-11)3-6-12(16)15-8-7-14-9-15/h1-2,4-5,7-9,12,16H,3,6H2. The fraction of sp³-hybridized carbons (Fsp3) is 0.250. The molecule has 16 heavy (non-hydrogen) atoms. The van der Waals surface area contributed by atoms with E-state index >= 15 is 0 Å². The molecule has 0 aliphatic carbocycles. The Bertz CT molecular complexity index is 425. The molecule has 0 saturated carbocycles.